The van der Waals surface area contributed by atoms with Crippen molar-refractivity contribution in [3.63, 3.8) is 0 Å². The summed E-state index contributed by atoms with van der Waals surface area (Å²) in [4.78, 5) is 34.6. The number of rotatable bonds is 6. The Labute approximate surface area is 207 Å². The fraction of sp³-hybridized carbons (Fsp3) is 0.154. The number of hydrogen-bond donors (Lipinski definition) is 4. The number of halogens is 1. The monoisotopic (exact) mass is 486 g/mol. The van der Waals surface area contributed by atoms with Crippen LogP contribution in [-0.4, -0.2) is 49.7 Å². The zero-order valence-corrected chi connectivity index (χ0v) is 19.5. The molecule has 0 radical (unpaired) electrons. The molecule has 0 aliphatic carbocycles. The van der Waals surface area contributed by atoms with Crippen molar-refractivity contribution in [2.75, 3.05) is 36.8 Å². The number of nitrogens with zero attached hydrogens (tertiary/aromatic N) is 2. The average molecular weight is 487 g/mol. The summed E-state index contributed by atoms with van der Waals surface area (Å²) in [5.74, 6) is 0.900. The van der Waals surface area contributed by atoms with Gasteiger partial charge in [-0.05, 0) is 60.7 Å². The zero-order valence-electron chi connectivity index (χ0n) is 18.8. The van der Waals surface area contributed by atoms with Crippen LogP contribution in [-0.2, 0) is 0 Å². The number of amides is 2. The summed E-state index contributed by atoms with van der Waals surface area (Å²) in [6.07, 6.45) is 0. The Hall–Kier alpha value is -4.17. The van der Waals surface area contributed by atoms with Gasteiger partial charge >= 0.3 is 0 Å². The first-order valence-corrected chi connectivity index (χ1v) is 11.6. The fourth-order valence-corrected chi connectivity index (χ4v) is 4.18. The van der Waals surface area contributed by atoms with Crippen molar-refractivity contribution in [3.8, 4) is 0 Å². The molecular formula is C26H23ClN6O2. The van der Waals surface area contributed by atoms with Crippen molar-refractivity contribution < 1.29 is 9.59 Å². The topological polar surface area (TPSA) is 107 Å². The molecule has 2 aliphatic heterocycles. The summed E-state index contributed by atoms with van der Waals surface area (Å²) in [6.45, 7) is 3.17. The van der Waals surface area contributed by atoms with E-state index in [1.165, 1.54) is 0 Å². The van der Waals surface area contributed by atoms with E-state index >= 15 is 0 Å². The first kappa shape index (κ1) is 22.6. The summed E-state index contributed by atoms with van der Waals surface area (Å²) < 4.78 is 0. The largest absolute Gasteiger partial charge is 0.368 e. The Morgan fingerprint density at radius 2 is 1.11 bits per heavy atom. The molecule has 0 bridgehead atoms. The number of carbonyl (C=O) groups is 2. The van der Waals surface area contributed by atoms with Crippen LogP contribution in [0.1, 0.15) is 31.8 Å². The van der Waals surface area contributed by atoms with Crippen LogP contribution in [0.15, 0.2) is 76.7 Å². The molecule has 5 rings (SSSR count). The highest BCUT2D eigenvalue weighted by molar-refractivity contribution is 6.38. The number of amidine groups is 2. The van der Waals surface area contributed by atoms with Crippen LogP contribution in [0.5, 0.6) is 0 Å². The second kappa shape index (κ2) is 9.99. The Morgan fingerprint density at radius 3 is 1.49 bits per heavy atom. The Morgan fingerprint density at radius 1 is 0.686 bits per heavy atom. The fourth-order valence-electron chi connectivity index (χ4n) is 3.88. The van der Waals surface area contributed by atoms with Gasteiger partial charge < -0.3 is 21.3 Å². The van der Waals surface area contributed by atoms with Crippen LogP contribution in [0.4, 0.5) is 11.4 Å². The number of benzene rings is 3. The molecule has 35 heavy (non-hydrogen) atoms. The summed E-state index contributed by atoms with van der Waals surface area (Å²) in [6, 6.07) is 19.6. The van der Waals surface area contributed by atoms with Crippen LogP contribution in [0.3, 0.4) is 0 Å². The van der Waals surface area contributed by atoms with Crippen molar-refractivity contribution >= 4 is 46.5 Å². The van der Waals surface area contributed by atoms with Gasteiger partial charge in [-0.25, -0.2) is 0 Å². The molecule has 176 valence electrons. The van der Waals surface area contributed by atoms with Crippen LogP contribution in [0, 0.1) is 0 Å². The lowest BCUT2D eigenvalue weighted by Gasteiger charge is -2.12. The molecule has 8 nitrogen and oxygen atoms in total. The van der Waals surface area contributed by atoms with Gasteiger partial charge in [-0.15, -0.1) is 0 Å². The average Bonchev–Trinajstić information content (AvgIpc) is 3.60. The van der Waals surface area contributed by atoms with Gasteiger partial charge in [0.2, 0.25) is 0 Å². The van der Waals surface area contributed by atoms with Crippen LogP contribution < -0.4 is 21.3 Å². The molecule has 0 spiro atoms. The molecule has 0 unspecified atom stereocenters. The van der Waals surface area contributed by atoms with E-state index < -0.39 is 11.8 Å². The van der Waals surface area contributed by atoms with Crippen LogP contribution in [0.2, 0.25) is 5.02 Å². The Bertz CT molecular complexity index is 1230. The lowest BCUT2D eigenvalue weighted by Crippen LogP contribution is -2.20. The van der Waals surface area contributed by atoms with Gasteiger partial charge in [-0.2, -0.15) is 0 Å². The second-order valence-corrected chi connectivity index (χ2v) is 8.42. The normalized spacial score (nSPS) is 14.4. The Balaban J connectivity index is 1.27. The molecule has 0 saturated carbocycles. The van der Waals surface area contributed by atoms with E-state index in [0.29, 0.717) is 11.4 Å². The van der Waals surface area contributed by atoms with Gasteiger partial charge in [-0.3, -0.25) is 19.6 Å². The maximum Gasteiger partial charge on any atom is 0.257 e. The van der Waals surface area contributed by atoms with E-state index in [1.807, 2.05) is 24.3 Å². The molecule has 0 fully saturated rings. The molecule has 3 aromatic carbocycles. The predicted molar refractivity (Wildman–Crippen MR) is 139 cm³/mol. The van der Waals surface area contributed by atoms with Crippen molar-refractivity contribution in [1.29, 1.82) is 0 Å². The maximum absolute atomic E-state index is 12.9. The van der Waals surface area contributed by atoms with E-state index in [-0.39, 0.29) is 16.1 Å². The van der Waals surface area contributed by atoms with Crippen LogP contribution in [0.25, 0.3) is 0 Å². The third-order valence-electron chi connectivity index (χ3n) is 5.67. The van der Waals surface area contributed by atoms with Gasteiger partial charge in [0.25, 0.3) is 11.8 Å². The highest BCUT2D eigenvalue weighted by Gasteiger charge is 2.19. The highest BCUT2D eigenvalue weighted by atomic mass is 35.5. The molecule has 0 atom stereocenters. The summed E-state index contributed by atoms with van der Waals surface area (Å²) >= 11 is 6.48. The number of hydrogen-bond acceptors (Lipinski definition) is 6. The Kier molecular flexibility index (Phi) is 6.45. The first-order valence-electron chi connectivity index (χ1n) is 11.3. The minimum absolute atomic E-state index is 0.0877. The quantitative estimate of drug-likeness (QED) is 0.427. The number of anilines is 2. The van der Waals surface area contributed by atoms with Crippen LogP contribution >= 0.6 is 11.6 Å². The van der Waals surface area contributed by atoms with Gasteiger partial charge in [0.05, 0.1) is 29.2 Å². The van der Waals surface area contributed by atoms with E-state index in [0.717, 1.165) is 49.0 Å². The van der Waals surface area contributed by atoms with E-state index in [4.69, 9.17) is 11.6 Å². The molecule has 2 aliphatic rings. The molecule has 0 saturated heterocycles. The number of carbonyl (C=O) groups excluding carboxylic acids is 2. The summed E-state index contributed by atoms with van der Waals surface area (Å²) in [5, 5.41) is 12.2. The molecule has 4 N–H and O–H groups in total. The van der Waals surface area contributed by atoms with Crippen molar-refractivity contribution in [2.45, 2.75) is 0 Å². The minimum atomic E-state index is -0.400. The van der Waals surface area contributed by atoms with E-state index in [1.54, 1.807) is 42.5 Å². The van der Waals surface area contributed by atoms with Gasteiger partial charge in [0.1, 0.15) is 11.7 Å². The van der Waals surface area contributed by atoms with Crippen molar-refractivity contribution in [3.05, 3.63) is 94.0 Å². The zero-order chi connectivity index (χ0) is 24.2. The predicted octanol–water partition coefficient (Wildman–Crippen LogP) is 3.54. The third-order valence-corrected chi connectivity index (χ3v) is 6.08. The van der Waals surface area contributed by atoms with Crippen molar-refractivity contribution in [2.24, 2.45) is 9.98 Å². The standard InChI is InChI=1S/C26H23ClN6O2/c27-22-20(25(34)32-18-8-4-16(5-9-18)23-28-12-13-29-23)2-1-3-21(22)26(35)33-19-10-6-17(7-11-19)24-30-14-15-31-24/h1-11H,12-15H2,(H,28,29)(H,30,31)(H,32,34)(H,33,35). The maximum atomic E-state index is 12.9. The number of nitrogens with one attached hydrogen (secondary N) is 4. The summed E-state index contributed by atoms with van der Waals surface area (Å²) in [7, 11) is 0. The highest BCUT2D eigenvalue weighted by Crippen LogP contribution is 2.24. The number of aliphatic imine (C=N–C) groups is 2. The molecule has 0 aromatic heterocycles. The molecule has 9 heteroatoms. The lowest BCUT2D eigenvalue weighted by atomic mass is 10.1. The first-order chi connectivity index (χ1) is 17.1. The SMILES string of the molecule is O=C(Nc1ccc(C2=NCCN2)cc1)c1cccc(C(=O)Nc2ccc(C3=NCCN3)cc2)c1Cl. The van der Waals surface area contributed by atoms with E-state index in [9.17, 15) is 9.59 Å². The summed E-state index contributed by atoms with van der Waals surface area (Å²) in [5.41, 5.74) is 3.57. The molecule has 2 amide bonds. The van der Waals surface area contributed by atoms with Gasteiger partial charge in [-0.1, -0.05) is 17.7 Å². The van der Waals surface area contributed by atoms with Gasteiger partial charge in [0, 0.05) is 35.6 Å². The van der Waals surface area contributed by atoms with Crippen molar-refractivity contribution in [1.82, 2.24) is 10.6 Å². The van der Waals surface area contributed by atoms with Gasteiger partial charge in [0.15, 0.2) is 0 Å². The third kappa shape index (κ3) is 5.02. The molecule has 3 aromatic rings. The van der Waals surface area contributed by atoms with E-state index in [2.05, 4.69) is 31.3 Å². The smallest absolute Gasteiger partial charge is 0.257 e. The second-order valence-electron chi connectivity index (χ2n) is 8.04. The molecule has 2 heterocycles. The molecular weight excluding hydrogens is 464 g/mol. The minimum Gasteiger partial charge on any atom is -0.368 e. The lowest BCUT2D eigenvalue weighted by molar-refractivity contribution is 0.102.